The quantitative estimate of drug-likeness (QED) is 0.849. The lowest BCUT2D eigenvalue weighted by Crippen LogP contribution is -2.34. The molecule has 2 nitrogen and oxygen atoms in total. The van der Waals surface area contributed by atoms with Crippen LogP contribution in [0.3, 0.4) is 0 Å². The Hall–Kier alpha value is -0.830. The van der Waals surface area contributed by atoms with Crippen molar-refractivity contribution < 1.29 is 4.79 Å². The van der Waals surface area contributed by atoms with E-state index in [0.29, 0.717) is 6.54 Å². The Morgan fingerprint density at radius 2 is 2.06 bits per heavy atom. The number of amides is 1. The van der Waals surface area contributed by atoms with E-state index in [1.54, 1.807) is 0 Å². The van der Waals surface area contributed by atoms with Gasteiger partial charge in [0.25, 0.3) is 5.91 Å². The standard InChI is InChI=1S/C15H20BrNO/c1-15(2,9-16)10-17-14(18)13-7-6-11-4-3-5-12(11)8-13/h6-8H,3-5,9-10H2,1-2H3,(H,17,18). The number of hydrogen-bond donors (Lipinski definition) is 1. The third kappa shape index (κ3) is 3.14. The minimum Gasteiger partial charge on any atom is -0.351 e. The van der Waals surface area contributed by atoms with Gasteiger partial charge in [0.15, 0.2) is 0 Å². The molecule has 0 radical (unpaired) electrons. The first-order valence-electron chi connectivity index (χ1n) is 6.48. The Morgan fingerprint density at radius 3 is 2.78 bits per heavy atom. The molecule has 2 rings (SSSR count). The molecular weight excluding hydrogens is 290 g/mol. The molecule has 1 aromatic rings. The molecule has 1 amide bonds. The highest BCUT2D eigenvalue weighted by molar-refractivity contribution is 9.09. The minimum atomic E-state index is 0.0405. The van der Waals surface area contributed by atoms with Gasteiger partial charge in [0.2, 0.25) is 0 Å². The highest BCUT2D eigenvalue weighted by atomic mass is 79.9. The van der Waals surface area contributed by atoms with E-state index in [1.807, 2.05) is 6.07 Å². The molecule has 0 aliphatic heterocycles. The van der Waals surface area contributed by atoms with E-state index in [-0.39, 0.29) is 11.3 Å². The van der Waals surface area contributed by atoms with Crippen LogP contribution in [0.2, 0.25) is 0 Å². The smallest absolute Gasteiger partial charge is 0.251 e. The molecule has 0 spiro atoms. The summed E-state index contributed by atoms with van der Waals surface area (Å²) < 4.78 is 0. The van der Waals surface area contributed by atoms with Crippen LogP contribution in [-0.2, 0) is 12.8 Å². The van der Waals surface area contributed by atoms with E-state index in [9.17, 15) is 4.79 Å². The van der Waals surface area contributed by atoms with Crippen molar-refractivity contribution in [3.05, 3.63) is 34.9 Å². The van der Waals surface area contributed by atoms with Crippen LogP contribution in [0.25, 0.3) is 0 Å². The predicted octanol–water partition coefficient (Wildman–Crippen LogP) is 3.33. The van der Waals surface area contributed by atoms with Crippen LogP contribution in [0.1, 0.15) is 41.8 Å². The fraction of sp³-hybridized carbons (Fsp3) is 0.533. The van der Waals surface area contributed by atoms with Crippen molar-refractivity contribution in [3.8, 4) is 0 Å². The summed E-state index contributed by atoms with van der Waals surface area (Å²) in [4.78, 5) is 12.1. The summed E-state index contributed by atoms with van der Waals surface area (Å²) in [5.41, 5.74) is 3.64. The number of carbonyl (C=O) groups excluding carboxylic acids is 1. The summed E-state index contributed by atoms with van der Waals surface area (Å²) >= 11 is 3.47. The molecule has 0 heterocycles. The largest absolute Gasteiger partial charge is 0.351 e. The zero-order valence-electron chi connectivity index (χ0n) is 11.1. The fourth-order valence-corrected chi connectivity index (χ4v) is 2.38. The summed E-state index contributed by atoms with van der Waals surface area (Å²) in [6, 6.07) is 6.10. The zero-order valence-corrected chi connectivity index (χ0v) is 12.6. The van der Waals surface area contributed by atoms with Crippen LogP contribution in [0, 0.1) is 5.41 Å². The molecule has 0 fully saturated rings. The van der Waals surface area contributed by atoms with Gasteiger partial charge in [-0.2, -0.15) is 0 Å². The highest BCUT2D eigenvalue weighted by Gasteiger charge is 2.18. The van der Waals surface area contributed by atoms with E-state index in [1.165, 1.54) is 17.5 Å². The molecule has 1 aliphatic rings. The molecule has 1 aromatic carbocycles. The van der Waals surface area contributed by atoms with Crippen LogP contribution in [0.15, 0.2) is 18.2 Å². The third-order valence-corrected chi connectivity index (χ3v) is 4.97. The van der Waals surface area contributed by atoms with Crippen molar-refractivity contribution in [1.29, 1.82) is 0 Å². The van der Waals surface area contributed by atoms with E-state index < -0.39 is 0 Å². The number of hydrogen-bond acceptors (Lipinski definition) is 1. The highest BCUT2D eigenvalue weighted by Crippen LogP contribution is 2.23. The molecule has 18 heavy (non-hydrogen) atoms. The van der Waals surface area contributed by atoms with Gasteiger partial charge in [0.1, 0.15) is 0 Å². The van der Waals surface area contributed by atoms with Crippen molar-refractivity contribution in [2.24, 2.45) is 5.41 Å². The molecule has 0 saturated carbocycles. The Labute approximate surface area is 117 Å². The molecule has 1 aliphatic carbocycles. The molecule has 0 unspecified atom stereocenters. The van der Waals surface area contributed by atoms with Gasteiger partial charge in [-0.15, -0.1) is 0 Å². The van der Waals surface area contributed by atoms with Crippen LogP contribution < -0.4 is 5.32 Å². The molecule has 3 heteroatoms. The zero-order chi connectivity index (χ0) is 13.2. The summed E-state index contributed by atoms with van der Waals surface area (Å²) in [7, 11) is 0. The molecule has 98 valence electrons. The Bertz CT molecular complexity index is 454. The average molecular weight is 310 g/mol. The number of aryl methyl sites for hydroxylation is 2. The van der Waals surface area contributed by atoms with Crippen LogP contribution in [-0.4, -0.2) is 17.8 Å². The van der Waals surface area contributed by atoms with Crippen molar-refractivity contribution in [1.82, 2.24) is 5.32 Å². The number of halogens is 1. The Morgan fingerprint density at radius 1 is 1.33 bits per heavy atom. The predicted molar refractivity (Wildman–Crippen MR) is 78.4 cm³/mol. The van der Waals surface area contributed by atoms with Crippen LogP contribution >= 0.6 is 15.9 Å². The number of fused-ring (bicyclic) bond motifs is 1. The summed E-state index contributed by atoms with van der Waals surface area (Å²) in [6.45, 7) is 4.95. The molecule has 0 atom stereocenters. The van der Waals surface area contributed by atoms with Gasteiger partial charge in [-0.05, 0) is 47.9 Å². The summed E-state index contributed by atoms with van der Waals surface area (Å²) in [5.74, 6) is 0.0405. The maximum Gasteiger partial charge on any atom is 0.251 e. The molecule has 1 N–H and O–H groups in total. The van der Waals surface area contributed by atoms with Crippen molar-refractivity contribution in [2.45, 2.75) is 33.1 Å². The SMILES string of the molecule is CC(C)(CBr)CNC(=O)c1ccc2c(c1)CCC2. The monoisotopic (exact) mass is 309 g/mol. The Balaban J connectivity index is 2.01. The number of alkyl halides is 1. The lowest BCUT2D eigenvalue weighted by atomic mass is 9.96. The third-order valence-electron chi connectivity index (χ3n) is 3.45. The lowest BCUT2D eigenvalue weighted by Gasteiger charge is -2.21. The van der Waals surface area contributed by atoms with Gasteiger partial charge in [0.05, 0.1) is 0 Å². The first-order chi connectivity index (χ1) is 8.52. The Kier molecular flexibility index (Phi) is 4.10. The van der Waals surface area contributed by atoms with E-state index in [0.717, 1.165) is 23.7 Å². The number of carbonyl (C=O) groups is 1. The number of rotatable bonds is 4. The van der Waals surface area contributed by atoms with E-state index >= 15 is 0 Å². The molecule has 0 saturated heterocycles. The molecule has 0 bridgehead atoms. The van der Waals surface area contributed by atoms with E-state index in [4.69, 9.17) is 0 Å². The van der Waals surface area contributed by atoms with Gasteiger partial charge < -0.3 is 5.32 Å². The topological polar surface area (TPSA) is 29.1 Å². The van der Waals surface area contributed by atoms with E-state index in [2.05, 4.69) is 47.2 Å². The number of benzene rings is 1. The second-order valence-corrected chi connectivity index (χ2v) is 6.38. The lowest BCUT2D eigenvalue weighted by molar-refractivity contribution is 0.0940. The molecule has 0 aromatic heterocycles. The van der Waals surface area contributed by atoms with Gasteiger partial charge in [0, 0.05) is 17.4 Å². The number of nitrogens with one attached hydrogen (secondary N) is 1. The second kappa shape index (κ2) is 5.43. The maximum absolute atomic E-state index is 12.1. The van der Waals surface area contributed by atoms with Crippen molar-refractivity contribution >= 4 is 21.8 Å². The summed E-state index contributed by atoms with van der Waals surface area (Å²) in [5, 5.41) is 3.89. The fourth-order valence-electron chi connectivity index (χ4n) is 2.18. The minimum absolute atomic E-state index is 0.0405. The average Bonchev–Trinajstić information content (AvgIpc) is 2.83. The normalized spacial score (nSPS) is 14.4. The van der Waals surface area contributed by atoms with Crippen LogP contribution in [0.4, 0.5) is 0 Å². The molecular formula is C15H20BrNO. The van der Waals surface area contributed by atoms with Gasteiger partial charge >= 0.3 is 0 Å². The summed E-state index contributed by atoms with van der Waals surface area (Å²) in [6.07, 6.45) is 3.49. The maximum atomic E-state index is 12.1. The first kappa shape index (κ1) is 13.6. The van der Waals surface area contributed by atoms with Crippen molar-refractivity contribution in [2.75, 3.05) is 11.9 Å². The second-order valence-electron chi connectivity index (χ2n) is 5.82. The van der Waals surface area contributed by atoms with Gasteiger partial charge in [-0.3, -0.25) is 4.79 Å². The first-order valence-corrected chi connectivity index (χ1v) is 7.60. The van der Waals surface area contributed by atoms with Crippen molar-refractivity contribution in [3.63, 3.8) is 0 Å². The van der Waals surface area contributed by atoms with Gasteiger partial charge in [-0.1, -0.05) is 35.8 Å². The van der Waals surface area contributed by atoms with Gasteiger partial charge in [-0.25, -0.2) is 0 Å². The van der Waals surface area contributed by atoms with Crippen LogP contribution in [0.5, 0.6) is 0 Å².